The van der Waals surface area contributed by atoms with Crippen LogP contribution in [0.25, 0.3) is 0 Å². The van der Waals surface area contributed by atoms with Crippen molar-refractivity contribution in [3.63, 3.8) is 0 Å². The largest absolute Gasteiger partial charge is 0.389 e. The zero-order valence-electron chi connectivity index (χ0n) is 9.17. The predicted octanol–water partition coefficient (Wildman–Crippen LogP) is 3.35. The smallest absolute Gasteiger partial charge is 0.316 e. The Morgan fingerprint density at radius 1 is 1.14 bits per heavy atom. The van der Waals surface area contributed by atoms with Gasteiger partial charge in [0.25, 0.3) is 0 Å². The van der Waals surface area contributed by atoms with Gasteiger partial charge in [0, 0.05) is 13.0 Å². The van der Waals surface area contributed by atoms with Crippen LogP contribution in [0.4, 0.5) is 13.2 Å². The summed E-state index contributed by atoms with van der Waals surface area (Å²) in [6.45, 7) is 7.51. The zero-order chi connectivity index (χ0) is 11.2. The van der Waals surface area contributed by atoms with Crippen molar-refractivity contribution < 1.29 is 13.2 Å². The highest BCUT2D eigenvalue weighted by molar-refractivity contribution is 4.69. The van der Waals surface area contributed by atoms with Crippen LogP contribution in [-0.2, 0) is 0 Å². The van der Waals surface area contributed by atoms with Crippen LogP contribution in [0.15, 0.2) is 0 Å². The summed E-state index contributed by atoms with van der Waals surface area (Å²) in [6, 6.07) is 0. The molecule has 0 bridgehead atoms. The molecule has 0 spiro atoms. The van der Waals surface area contributed by atoms with Gasteiger partial charge in [0.2, 0.25) is 0 Å². The second-order valence-corrected chi connectivity index (χ2v) is 4.41. The Kier molecular flexibility index (Phi) is 5.49. The summed E-state index contributed by atoms with van der Waals surface area (Å²) in [7, 11) is 0. The van der Waals surface area contributed by atoms with Gasteiger partial charge in [-0.15, -0.1) is 0 Å². The molecule has 0 amide bonds. The first-order valence-corrected chi connectivity index (χ1v) is 5.04. The molecule has 0 aromatic carbocycles. The number of halogens is 3. The first kappa shape index (κ1) is 13.8. The van der Waals surface area contributed by atoms with Gasteiger partial charge in [-0.25, -0.2) is 0 Å². The third-order valence-corrected chi connectivity index (χ3v) is 2.37. The minimum absolute atomic E-state index is 0.170. The second kappa shape index (κ2) is 5.59. The number of hydrogen-bond donors (Lipinski definition) is 1. The van der Waals surface area contributed by atoms with Gasteiger partial charge in [0.1, 0.15) is 0 Å². The van der Waals surface area contributed by atoms with E-state index in [1.165, 1.54) is 0 Å². The summed E-state index contributed by atoms with van der Waals surface area (Å²) in [5.74, 6) is 0. The molecule has 14 heavy (non-hydrogen) atoms. The molecular formula is C10H20F3N. The third-order valence-electron chi connectivity index (χ3n) is 2.37. The van der Waals surface area contributed by atoms with Crippen LogP contribution in [0.2, 0.25) is 0 Å². The molecular weight excluding hydrogens is 191 g/mol. The molecule has 0 aliphatic heterocycles. The highest BCUT2D eigenvalue weighted by atomic mass is 19.4. The molecule has 86 valence electrons. The lowest BCUT2D eigenvalue weighted by atomic mass is 9.90. The van der Waals surface area contributed by atoms with Crippen molar-refractivity contribution in [3.8, 4) is 0 Å². The number of nitrogens with one attached hydrogen (secondary N) is 1. The Morgan fingerprint density at radius 2 is 1.71 bits per heavy atom. The fourth-order valence-corrected chi connectivity index (χ4v) is 0.966. The average Bonchev–Trinajstić information content (AvgIpc) is 2.01. The zero-order valence-corrected chi connectivity index (χ0v) is 9.17. The van der Waals surface area contributed by atoms with Crippen LogP contribution in [0, 0.1) is 5.41 Å². The predicted molar refractivity (Wildman–Crippen MR) is 52.2 cm³/mol. The maximum absolute atomic E-state index is 11.8. The van der Waals surface area contributed by atoms with E-state index in [2.05, 4.69) is 26.1 Å². The van der Waals surface area contributed by atoms with Crippen LogP contribution in [-0.4, -0.2) is 19.3 Å². The molecule has 0 unspecified atom stereocenters. The summed E-state index contributed by atoms with van der Waals surface area (Å²) in [6.07, 6.45) is -3.50. The van der Waals surface area contributed by atoms with Gasteiger partial charge in [-0.05, 0) is 24.8 Å². The molecule has 0 saturated heterocycles. The van der Waals surface area contributed by atoms with Crippen molar-refractivity contribution in [2.75, 3.05) is 13.1 Å². The molecule has 1 N–H and O–H groups in total. The van der Waals surface area contributed by atoms with Crippen LogP contribution in [0.3, 0.4) is 0 Å². The van der Waals surface area contributed by atoms with Gasteiger partial charge in [-0.2, -0.15) is 13.2 Å². The lowest BCUT2D eigenvalue weighted by Crippen LogP contribution is -2.30. The van der Waals surface area contributed by atoms with Crippen LogP contribution >= 0.6 is 0 Å². The third kappa shape index (κ3) is 8.35. The molecule has 4 heteroatoms. The van der Waals surface area contributed by atoms with E-state index in [4.69, 9.17) is 0 Å². The molecule has 0 aliphatic carbocycles. The summed E-state index contributed by atoms with van der Waals surface area (Å²) >= 11 is 0. The highest BCUT2D eigenvalue weighted by Crippen LogP contribution is 2.21. The van der Waals surface area contributed by atoms with E-state index in [0.29, 0.717) is 6.54 Å². The molecule has 0 aliphatic rings. The minimum atomic E-state index is -4.01. The average molecular weight is 211 g/mol. The van der Waals surface area contributed by atoms with E-state index < -0.39 is 12.6 Å². The van der Waals surface area contributed by atoms with Gasteiger partial charge in [0.05, 0.1) is 0 Å². The minimum Gasteiger partial charge on any atom is -0.316 e. The first-order chi connectivity index (χ1) is 6.27. The topological polar surface area (TPSA) is 12.0 Å². The Labute approximate surface area is 84.1 Å². The maximum atomic E-state index is 11.8. The van der Waals surface area contributed by atoms with Crippen molar-refractivity contribution in [3.05, 3.63) is 0 Å². The van der Waals surface area contributed by atoms with E-state index in [0.717, 1.165) is 13.0 Å². The molecule has 0 fully saturated rings. The fourth-order valence-electron chi connectivity index (χ4n) is 0.966. The Hall–Kier alpha value is -0.250. The molecule has 0 rings (SSSR count). The van der Waals surface area contributed by atoms with Crippen molar-refractivity contribution in [1.29, 1.82) is 0 Å². The quantitative estimate of drug-likeness (QED) is 0.664. The van der Waals surface area contributed by atoms with Crippen molar-refractivity contribution in [2.45, 2.75) is 46.2 Å². The van der Waals surface area contributed by atoms with E-state index in [1.807, 2.05) is 0 Å². The Balaban J connectivity index is 3.39. The lowest BCUT2D eigenvalue weighted by molar-refractivity contribution is -0.135. The van der Waals surface area contributed by atoms with Crippen molar-refractivity contribution in [1.82, 2.24) is 5.32 Å². The first-order valence-electron chi connectivity index (χ1n) is 5.04. The molecule has 0 aromatic rings. The SMILES string of the molecule is CCC(C)(C)CNCCCC(F)(F)F. The summed E-state index contributed by atoms with van der Waals surface area (Å²) in [5.41, 5.74) is 0.179. The molecule has 0 aromatic heterocycles. The van der Waals surface area contributed by atoms with Crippen molar-refractivity contribution in [2.24, 2.45) is 5.41 Å². The van der Waals surface area contributed by atoms with E-state index >= 15 is 0 Å². The molecule has 0 heterocycles. The number of alkyl halides is 3. The maximum Gasteiger partial charge on any atom is 0.389 e. The number of rotatable bonds is 6. The Morgan fingerprint density at radius 3 is 2.14 bits per heavy atom. The monoisotopic (exact) mass is 211 g/mol. The number of hydrogen-bond acceptors (Lipinski definition) is 1. The normalized spacial score (nSPS) is 13.3. The summed E-state index contributed by atoms with van der Waals surface area (Å²) < 4.78 is 35.3. The van der Waals surface area contributed by atoms with Gasteiger partial charge in [0.15, 0.2) is 0 Å². The van der Waals surface area contributed by atoms with Crippen LogP contribution in [0.5, 0.6) is 0 Å². The Bertz CT molecular complexity index is 152. The van der Waals surface area contributed by atoms with Gasteiger partial charge >= 0.3 is 6.18 Å². The summed E-state index contributed by atoms with van der Waals surface area (Å²) in [5, 5.41) is 3.05. The highest BCUT2D eigenvalue weighted by Gasteiger charge is 2.25. The van der Waals surface area contributed by atoms with E-state index in [9.17, 15) is 13.2 Å². The second-order valence-electron chi connectivity index (χ2n) is 4.41. The van der Waals surface area contributed by atoms with E-state index in [-0.39, 0.29) is 11.8 Å². The van der Waals surface area contributed by atoms with Gasteiger partial charge < -0.3 is 5.32 Å². The van der Waals surface area contributed by atoms with Crippen molar-refractivity contribution >= 4 is 0 Å². The summed E-state index contributed by atoms with van der Waals surface area (Å²) in [4.78, 5) is 0. The standard InChI is InChI=1S/C10H20F3N/c1-4-9(2,3)8-14-7-5-6-10(11,12)13/h14H,4-8H2,1-3H3. The van der Waals surface area contributed by atoms with Crippen LogP contribution < -0.4 is 5.32 Å². The molecule has 0 radical (unpaired) electrons. The van der Waals surface area contributed by atoms with E-state index in [1.54, 1.807) is 0 Å². The lowest BCUT2D eigenvalue weighted by Gasteiger charge is -2.22. The van der Waals surface area contributed by atoms with Crippen LogP contribution in [0.1, 0.15) is 40.0 Å². The van der Waals surface area contributed by atoms with Gasteiger partial charge in [-0.3, -0.25) is 0 Å². The molecule has 0 saturated carbocycles. The molecule has 1 nitrogen and oxygen atoms in total. The van der Waals surface area contributed by atoms with Gasteiger partial charge in [-0.1, -0.05) is 20.8 Å². The fraction of sp³-hybridized carbons (Fsp3) is 1.00. The molecule has 0 atom stereocenters.